The van der Waals surface area contributed by atoms with Gasteiger partial charge in [0.1, 0.15) is 0 Å². The first kappa shape index (κ1) is 11.6. The Morgan fingerprint density at radius 1 is 1.60 bits per heavy atom. The number of nitrogens with two attached hydrogens (primary N) is 1. The highest BCUT2D eigenvalue weighted by molar-refractivity contribution is 5.88. The molecule has 1 heterocycles. The first-order valence-corrected chi connectivity index (χ1v) is 4.69. The predicted octanol–water partition coefficient (Wildman–Crippen LogP) is -0.334. The van der Waals surface area contributed by atoms with Gasteiger partial charge in [-0.3, -0.25) is 10.1 Å². The van der Waals surface area contributed by atoms with Crippen LogP contribution in [0.2, 0.25) is 0 Å². The van der Waals surface area contributed by atoms with Crippen LogP contribution in [0.4, 0.5) is 5.95 Å². The van der Waals surface area contributed by atoms with E-state index >= 15 is 0 Å². The van der Waals surface area contributed by atoms with Gasteiger partial charge in [0.25, 0.3) is 5.95 Å². The number of amides is 1. The monoisotopic (exact) mass is 212 g/mol. The van der Waals surface area contributed by atoms with Crippen molar-refractivity contribution in [3.63, 3.8) is 0 Å². The number of tetrazole rings is 1. The molecule has 0 aliphatic heterocycles. The lowest BCUT2D eigenvalue weighted by Crippen LogP contribution is -2.33. The Morgan fingerprint density at radius 3 is 2.73 bits per heavy atom. The summed E-state index contributed by atoms with van der Waals surface area (Å²) in [5.74, 6) is 0.0684. The second kappa shape index (κ2) is 4.35. The van der Waals surface area contributed by atoms with Gasteiger partial charge in [0.15, 0.2) is 0 Å². The Labute approximate surface area is 88.0 Å². The Kier molecular flexibility index (Phi) is 3.35. The van der Waals surface area contributed by atoms with Crippen molar-refractivity contribution in [2.75, 3.05) is 5.32 Å². The molecule has 1 rings (SSSR count). The quantitative estimate of drug-likeness (QED) is 0.711. The topological polar surface area (TPSA) is 98.7 Å². The second-order valence-corrected chi connectivity index (χ2v) is 4.14. The molecule has 84 valence electrons. The molecular weight excluding hydrogens is 196 g/mol. The number of aromatic nitrogens is 4. The zero-order chi connectivity index (χ0) is 11.5. The average Bonchev–Trinajstić information content (AvgIpc) is 2.47. The van der Waals surface area contributed by atoms with Crippen molar-refractivity contribution in [1.29, 1.82) is 0 Å². The number of nitrogens with zero attached hydrogens (tertiary/aromatic N) is 4. The van der Waals surface area contributed by atoms with Crippen molar-refractivity contribution in [2.45, 2.75) is 32.2 Å². The molecule has 0 atom stereocenters. The summed E-state index contributed by atoms with van der Waals surface area (Å²) in [5, 5.41) is 13.6. The highest BCUT2D eigenvalue weighted by Crippen LogP contribution is 2.07. The molecule has 0 aliphatic carbocycles. The van der Waals surface area contributed by atoms with Crippen LogP contribution in [0.1, 0.15) is 26.7 Å². The van der Waals surface area contributed by atoms with Crippen LogP contribution in [0.5, 0.6) is 0 Å². The Bertz CT molecular complexity index is 339. The van der Waals surface area contributed by atoms with Crippen LogP contribution in [0.25, 0.3) is 0 Å². The molecule has 0 spiro atoms. The van der Waals surface area contributed by atoms with Crippen LogP contribution in [0.3, 0.4) is 0 Å². The molecule has 7 heteroatoms. The van der Waals surface area contributed by atoms with Crippen molar-refractivity contribution in [2.24, 2.45) is 12.8 Å². The lowest BCUT2D eigenvalue weighted by molar-refractivity contribution is -0.116. The number of carbonyl (C=O) groups is 1. The molecule has 1 amide bonds. The minimum atomic E-state index is -0.340. The van der Waals surface area contributed by atoms with Gasteiger partial charge in [0.05, 0.1) is 7.05 Å². The fourth-order valence-corrected chi connectivity index (χ4v) is 0.957. The standard InChI is InChI=1S/C8H16N6O/c1-8(2,9)5-4-6(15)10-7-11-13-14(3)12-7/h4-5,9H2,1-3H3,(H,10,12,15). The number of hydrogen-bond acceptors (Lipinski definition) is 5. The van der Waals surface area contributed by atoms with Gasteiger partial charge in [-0.1, -0.05) is 5.10 Å². The molecule has 0 unspecified atom stereocenters. The maximum atomic E-state index is 11.4. The van der Waals surface area contributed by atoms with E-state index in [9.17, 15) is 4.79 Å². The Hall–Kier alpha value is -1.50. The predicted molar refractivity (Wildman–Crippen MR) is 54.9 cm³/mol. The largest absolute Gasteiger partial charge is 0.326 e. The molecular formula is C8H16N6O. The van der Waals surface area contributed by atoms with Gasteiger partial charge in [-0.25, -0.2) is 0 Å². The highest BCUT2D eigenvalue weighted by atomic mass is 16.1. The smallest absolute Gasteiger partial charge is 0.270 e. The molecule has 3 N–H and O–H groups in total. The Morgan fingerprint density at radius 2 is 2.27 bits per heavy atom. The molecule has 7 nitrogen and oxygen atoms in total. The third-order valence-corrected chi connectivity index (χ3v) is 1.76. The number of nitrogens with one attached hydrogen (secondary N) is 1. The van der Waals surface area contributed by atoms with Crippen LogP contribution in [0, 0.1) is 0 Å². The number of aryl methyl sites for hydroxylation is 1. The van der Waals surface area contributed by atoms with E-state index in [0.717, 1.165) is 0 Å². The summed E-state index contributed by atoms with van der Waals surface area (Å²) in [6, 6.07) is 0. The molecule has 1 aromatic rings. The van der Waals surface area contributed by atoms with Crippen LogP contribution >= 0.6 is 0 Å². The van der Waals surface area contributed by atoms with Gasteiger partial charge in [0.2, 0.25) is 5.91 Å². The fraction of sp³-hybridized carbons (Fsp3) is 0.750. The Balaban J connectivity index is 2.37. The summed E-state index contributed by atoms with van der Waals surface area (Å²) in [5.41, 5.74) is 5.41. The summed E-state index contributed by atoms with van der Waals surface area (Å²) >= 11 is 0. The molecule has 0 fully saturated rings. The average molecular weight is 212 g/mol. The third-order valence-electron chi connectivity index (χ3n) is 1.76. The maximum absolute atomic E-state index is 11.4. The van der Waals surface area contributed by atoms with E-state index in [-0.39, 0.29) is 17.4 Å². The fourth-order valence-electron chi connectivity index (χ4n) is 0.957. The lowest BCUT2D eigenvalue weighted by Gasteiger charge is -2.16. The van der Waals surface area contributed by atoms with E-state index in [1.54, 1.807) is 7.05 Å². The summed E-state index contributed by atoms with van der Waals surface area (Å²) < 4.78 is 0. The first-order chi connectivity index (χ1) is 6.87. The van der Waals surface area contributed by atoms with Gasteiger partial charge in [0, 0.05) is 12.0 Å². The highest BCUT2D eigenvalue weighted by Gasteiger charge is 2.14. The van der Waals surface area contributed by atoms with Crippen LogP contribution in [0.15, 0.2) is 0 Å². The maximum Gasteiger partial charge on any atom is 0.270 e. The summed E-state index contributed by atoms with van der Waals surface area (Å²) in [6.45, 7) is 3.75. The first-order valence-electron chi connectivity index (χ1n) is 4.69. The van der Waals surface area contributed by atoms with E-state index in [1.165, 1.54) is 4.80 Å². The molecule has 0 aromatic carbocycles. The molecule has 1 aromatic heterocycles. The SMILES string of the molecule is Cn1nnc(NC(=O)CCC(C)(C)N)n1. The van der Waals surface area contributed by atoms with Crippen LogP contribution in [-0.2, 0) is 11.8 Å². The van der Waals surface area contributed by atoms with Gasteiger partial charge in [-0.05, 0) is 25.5 Å². The van der Waals surface area contributed by atoms with Crippen molar-refractivity contribution in [1.82, 2.24) is 20.2 Å². The minimum Gasteiger partial charge on any atom is -0.326 e. The molecule has 0 saturated heterocycles. The number of anilines is 1. The van der Waals surface area contributed by atoms with Crippen molar-refractivity contribution in [3.8, 4) is 0 Å². The van der Waals surface area contributed by atoms with E-state index in [0.29, 0.717) is 12.8 Å². The lowest BCUT2D eigenvalue weighted by atomic mass is 10.00. The van der Waals surface area contributed by atoms with Gasteiger partial charge >= 0.3 is 0 Å². The second-order valence-electron chi connectivity index (χ2n) is 4.14. The van der Waals surface area contributed by atoms with Crippen molar-refractivity contribution >= 4 is 11.9 Å². The third kappa shape index (κ3) is 4.50. The molecule has 0 radical (unpaired) electrons. The molecule has 15 heavy (non-hydrogen) atoms. The number of hydrogen-bond donors (Lipinski definition) is 2. The van der Waals surface area contributed by atoms with E-state index < -0.39 is 0 Å². The summed E-state index contributed by atoms with van der Waals surface area (Å²) in [6.07, 6.45) is 0.959. The number of carbonyl (C=O) groups excluding carboxylic acids is 1. The van der Waals surface area contributed by atoms with Crippen molar-refractivity contribution in [3.05, 3.63) is 0 Å². The molecule has 0 bridgehead atoms. The zero-order valence-corrected chi connectivity index (χ0v) is 9.19. The van der Waals surface area contributed by atoms with Crippen LogP contribution in [-0.4, -0.2) is 31.7 Å². The van der Waals surface area contributed by atoms with Crippen LogP contribution < -0.4 is 11.1 Å². The number of rotatable bonds is 4. The van der Waals surface area contributed by atoms with E-state index in [4.69, 9.17) is 5.73 Å². The summed E-state index contributed by atoms with van der Waals surface area (Å²) in [7, 11) is 1.63. The van der Waals surface area contributed by atoms with Gasteiger partial charge in [-0.2, -0.15) is 4.80 Å². The molecule has 0 saturated carbocycles. The van der Waals surface area contributed by atoms with Crippen molar-refractivity contribution < 1.29 is 4.79 Å². The molecule has 0 aliphatic rings. The van der Waals surface area contributed by atoms with Gasteiger partial charge in [-0.15, -0.1) is 5.10 Å². The van der Waals surface area contributed by atoms with E-state index in [1.807, 2.05) is 13.8 Å². The zero-order valence-electron chi connectivity index (χ0n) is 9.19. The minimum absolute atomic E-state index is 0.151. The summed E-state index contributed by atoms with van der Waals surface area (Å²) in [4.78, 5) is 12.7. The normalized spacial score (nSPS) is 11.5. The van der Waals surface area contributed by atoms with E-state index in [2.05, 4.69) is 20.7 Å². The van der Waals surface area contributed by atoms with Gasteiger partial charge < -0.3 is 5.73 Å².